The Kier molecular flexibility index (Phi) is 1.76. The van der Waals surface area contributed by atoms with E-state index in [4.69, 9.17) is 0 Å². The van der Waals surface area contributed by atoms with E-state index in [2.05, 4.69) is 60.8 Å². The second-order valence-electron chi connectivity index (χ2n) is 3.52. The van der Waals surface area contributed by atoms with Crippen molar-refractivity contribution < 1.29 is 0 Å². The van der Waals surface area contributed by atoms with Gasteiger partial charge in [-0.05, 0) is 25.1 Å². The summed E-state index contributed by atoms with van der Waals surface area (Å²) in [4.78, 5) is 2.14. The fraction of sp³-hybridized carbons (Fsp3) is 0.273. The number of fused-ring (bicyclic) bond motifs is 1. The molecule has 0 atom stereocenters. The third-order valence-electron chi connectivity index (χ3n) is 2.33. The van der Waals surface area contributed by atoms with E-state index in [0.717, 1.165) is 0 Å². The largest absolute Gasteiger partial charge is 0.376 e. The van der Waals surface area contributed by atoms with E-state index in [1.165, 1.54) is 16.9 Å². The molecule has 0 bridgehead atoms. The Morgan fingerprint density at radius 2 is 2.00 bits per heavy atom. The zero-order valence-corrected chi connectivity index (χ0v) is 8.28. The van der Waals surface area contributed by atoms with Gasteiger partial charge < -0.3 is 9.30 Å². The van der Waals surface area contributed by atoms with Gasteiger partial charge in [-0.25, -0.2) is 0 Å². The summed E-state index contributed by atoms with van der Waals surface area (Å²) in [6, 6.07) is 8.47. The number of aryl methyl sites for hydroxylation is 1. The molecule has 0 N–H and O–H groups in total. The highest BCUT2D eigenvalue weighted by Crippen LogP contribution is 2.23. The van der Waals surface area contributed by atoms with Crippen LogP contribution in [0.25, 0.3) is 5.52 Å². The van der Waals surface area contributed by atoms with Gasteiger partial charge in [-0.3, -0.25) is 0 Å². The van der Waals surface area contributed by atoms with E-state index < -0.39 is 0 Å². The summed E-state index contributed by atoms with van der Waals surface area (Å²) in [5.74, 6) is 0. The molecule has 2 aromatic heterocycles. The number of hydrogen-bond acceptors (Lipinski definition) is 1. The van der Waals surface area contributed by atoms with Gasteiger partial charge in [0.05, 0.1) is 11.2 Å². The third kappa shape index (κ3) is 1.18. The zero-order chi connectivity index (χ0) is 9.42. The fourth-order valence-electron chi connectivity index (χ4n) is 1.66. The minimum absolute atomic E-state index is 1.27. The molecular weight excluding hydrogens is 160 g/mol. The van der Waals surface area contributed by atoms with Crippen molar-refractivity contribution in [3.05, 3.63) is 36.2 Å². The summed E-state index contributed by atoms with van der Waals surface area (Å²) in [6.07, 6.45) is 2.09. The Hall–Kier alpha value is -1.44. The van der Waals surface area contributed by atoms with E-state index in [9.17, 15) is 0 Å². The first-order chi connectivity index (χ1) is 6.20. The molecule has 0 aromatic carbocycles. The van der Waals surface area contributed by atoms with Crippen molar-refractivity contribution in [2.75, 3.05) is 19.0 Å². The minimum atomic E-state index is 1.27. The molecule has 0 aliphatic rings. The first kappa shape index (κ1) is 8.17. The third-order valence-corrected chi connectivity index (χ3v) is 2.33. The van der Waals surface area contributed by atoms with Crippen molar-refractivity contribution in [2.45, 2.75) is 6.92 Å². The number of rotatable bonds is 1. The first-order valence-corrected chi connectivity index (χ1v) is 4.44. The molecule has 2 nitrogen and oxygen atoms in total. The van der Waals surface area contributed by atoms with Crippen LogP contribution in [0.3, 0.4) is 0 Å². The molecule has 0 aliphatic heterocycles. The average molecular weight is 174 g/mol. The molecular formula is C11H14N2. The van der Waals surface area contributed by atoms with Gasteiger partial charge in [-0.2, -0.15) is 0 Å². The number of hydrogen-bond donors (Lipinski definition) is 0. The smallest absolute Gasteiger partial charge is 0.0687 e. The maximum Gasteiger partial charge on any atom is 0.0687 e. The van der Waals surface area contributed by atoms with E-state index in [-0.39, 0.29) is 0 Å². The average Bonchev–Trinajstić information content (AvgIpc) is 2.45. The van der Waals surface area contributed by atoms with E-state index in [1.807, 2.05) is 0 Å². The molecule has 2 heteroatoms. The van der Waals surface area contributed by atoms with Crippen LogP contribution in [0.15, 0.2) is 30.5 Å². The predicted molar refractivity (Wildman–Crippen MR) is 56.5 cm³/mol. The molecule has 2 aromatic rings. The van der Waals surface area contributed by atoms with Crippen LogP contribution >= 0.6 is 0 Å². The Balaban J connectivity index is 2.78. The van der Waals surface area contributed by atoms with Gasteiger partial charge in [0.1, 0.15) is 0 Å². The SMILES string of the molecule is Cc1cc(N(C)C)c2ccccn12. The van der Waals surface area contributed by atoms with Crippen LogP contribution in [0, 0.1) is 6.92 Å². The summed E-state index contributed by atoms with van der Waals surface area (Å²) in [7, 11) is 4.14. The zero-order valence-electron chi connectivity index (χ0n) is 8.28. The second kappa shape index (κ2) is 2.80. The van der Waals surface area contributed by atoms with Gasteiger partial charge in [-0.15, -0.1) is 0 Å². The highest BCUT2D eigenvalue weighted by Gasteiger charge is 2.05. The summed E-state index contributed by atoms with van der Waals surface area (Å²) < 4.78 is 2.20. The lowest BCUT2D eigenvalue weighted by Crippen LogP contribution is -2.07. The van der Waals surface area contributed by atoms with Gasteiger partial charge in [0, 0.05) is 26.0 Å². The Labute approximate surface area is 78.4 Å². The number of aromatic nitrogens is 1. The molecule has 0 fully saturated rings. The Morgan fingerprint density at radius 3 is 2.69 bits per heavy atom. The lowest BCUT2D eigenvalue weighted by molar-refractivity contribution is 1.11. The Bertz CT molecular complexity index is 427. The van der Waals surface area contributed by atoms with Crippen molar-refractivity contribution in [1.82, 2.24) is 4.40 Å². The van der Waals surface area contributed by atoms with E-state index >= 15 is 0 Å². The molecule has 0 unspecified atom stereocenters. The number of pyridine rings is 1. The van der Waals surface area contributed by atoms with Crippen molar-refractivity contribution in [1.29, 1.82) is 0 Å². The van der Waals surface area contributed by atoms with Crippen LogP contribution in [-0.4, -0.2) is 18.5 Å². The van der Waals surface area contributed by atoms with Crippen molar-refractivity contribution in [3.8, 4) is 0 Å². The molecule has 0 amide bonds. The quantitative estimate of drug-likeness (QED) is 0.643. The van der Waals surface area contributed by atoms with Crippen LogP contribution < -0.4 is 4.90 Å². The van der Waals surface area contributed by atoms with E-state index in [0.29, 0.717) is 0 Å². The van der Waals surface area contributed by atoms with Gasteiger partial charge in [-0.1, -0.05) is 6.07 Å². The van der Waals surface area contributed by atoms with Crippen molar-refractivity contribution in [3.63, 3.8) is 0 Å². The molecule has 68 valence electrons. The molecule has 13 heavy (non-hydrogen) atoms. The van der Waals surface area contributed by atoms with Crippen molar-refractivity contribution >= 4 is 11.2 Å². The standard InChI is InChI=1S/C11H14N2/c1-9-8-11(12(2)3)10-6-4-5-7-13(9)10/h4-8H,1-3H3. The number of nitrogens with zero attached hydrogens (tertiary/aromatic N) is 2. The number of anilines is 1. The molecule has 2 rings (SSSR count). The summed E-state index contributed by atoms with van der Waals surface area (Å²) >= 11 is 0. The second-order valence-corrected chi connectivity index (χ2v) is 3.52. The highest BCUT2D eigenvalue weighted by molar-refractivity contribution is 5.74. The lowest BCUT2D eigenvalue weighted by Gasteiger charge is -2.10. The van der Waals surface area contributed by atoms with Gasteiger partial charge >= 0.3 is 0 Å². The summed E-state index contributed by atoms with van der Waals surface area (Å²) in [6.45, 7) is 2.12. The monoisotopic (exact) mass is 174 g/mol. The van der Waals surface area contributed by atoms with Gasteiger partial charge in [0.25, 0.3) is 0 Å². The van der Waals surface area contributed by atoms with Crippen LogP contribution in [-0.2, 0) is 0 Å². The molecule has 0 saturated carbocycles. The van der Waals surface area contributed by atoms with Crippen LogP contribution in [0.2, 0.25) is 0 Å². The van der Waals surface area contributed by atoms with Gasteiger partial charge in [0.15, 0.2) is 0 Å². The van der Waals surface area contributed by atoms with Gasteiger partial charge in [0.2, 0.25) is 0 Å². The maximum absolute atomic E-state index is 2.20. The normalized spacial score (nSPS) is 10.7. The predicted octanol–water partition coefficient (Wildman–Crippen LogP) is 2.31. The van der Waals surface area contributed by atoms with E-state index in [1.54, 1.807) is 0 Å². The topological polar surface area (TPSA) is 7.65 Å². The molecule has 0 spiro atoms. The first-order valence-electron chi connectivity index (χ1n) is 4.44. The molecule has 2 heterocycles. The summed E-state index contributed by atoms with van der Waals surface area (Å²) in [5, 5.41) is 0. The molecule has 0 radical (unpaired) electrons. The fourth-order valence-corrected chi connectivity index (χ4v) is 1.66. The minimum Gasteiger partial charge on any atom is -0.376 e. The van der Waals surface area contributed by atoms with Crippen molar-refractivity contribution in [2.24, 2.45) is 0 Å². The molecule has 0 saturated heterocycles. The lowest BCUT2D eigenvalue weighted by atomic mass is 10.3. The molecule has 0 aliphatic carbocycles. The summed E-state index contributed by atoms with van der Waals surface area (Å²) in [5.41, 5.74) is 3.82. The van der Waals surface area contributed by atoms with Crippen LogP contribution in [0.5, 0.6) is 0 Å². The Morgan fingerprint density at radius 1 is 1.23 bits per heavy atom. The highest BCUT2D eigenvalue weighted by atomic mass is 15.1. The van der Waals surface area contributed by atoms with Crippen LogP contribution in [0.1, 0.15) is 5.69 Å². The maximum atomic E-state index is 2.20. The van der Waals surface area contributed by atoms with Crippen LogP contribution in [0.4, 0.5) is 5.69 Å².